The van der Waals surface area contributed by atoms with Gasteiger partial charge in [-0.25, -0.2) is 4.39 Å². The number of anilines is 2. The Morgan fingerprint density at radius 3 is 2.88 bits per heavy atom. The number of nitrogen functional groups attached to an aromatic ring is 1. The molecule has 3 nitrogen and oxygen atoms in total. The summed E-state index contributed by atoms with van der Waals surface area (Å²) in [5, 5.41) is 11.9. The van der Waals surface area contributed by atoms with Crippen LogP contribution in [0.5, 0.6) is 0 Å². The van der Waals surface area contributed by atoms with Gasteiger partial charge in [0.25, 0.3) is 0 Å². The van der Waals surface area contributed by atoms with Gasteiger partial charge in [0.1, 0.15) is 5.82 Å². The summed E-state index contributed by atoms with van der Waals surface area (Å²) in [4.78, 5) is 0. The summed E-state index contributed by atoms with van der Waals surface area (Å²) in [7, 11) is 0. The minimum atomic E-state index is -0.521. The smallest absolute Gasteiger partial charge is 0.143 e. The molecule has 1 atom stereocenters. The lowest BCUT2D eigenvalue weighted by molar-refractivity contribution is 0.282. The maximum absolute atomic E-state index is 13.0. The first-order valence-corrected chi connectivity index (χ1v) is 5.54. The molecular weight excluding hydrogens is 231 g/mol. The van der Waals surface area contributed by atoms with Gasteiger partial charge in [-0.05, 0) is 25.8 Å². The second-order valence-electron chi connectivity index (χ2n) is 3.76. The lowest BCUT2D eigenvalue weighted by atomic mass is 10.1. The number of hydrogen-bond donors (Lipinski definition) is 3. The fourth-order valence-electron chi connectivity index (χ4n) is 1.42. The quantitative estimate of drug-likeness (QED) is 0.700. The van der Waals surface area contributed by atoms with Gasteiger partial charge in [0.2, 0.25) is 0 Å². The number of rotatable bonds is 5. The minimum Gasteiger partial charge on any atom is -0.397 e. The first-order valence-electron chi connectivity index (χ1n) is 5.16. The Balaban J connectivity index is 2.69. The van der Waals surface area contributed by atoms with Crippen molar-refractivity contribution in [1.29, 1.82) is 0 Å². The van der Waals surface area contributed by atoms with Gasteiger partial charge in [0.05, 0.1) is 16.4 Å². The van der Waals surface area contributed by atoms with Gasteiger partial charge < -0.3 is 16.2 Å². The van der Waals surface area contributed by atoms with Crippen LogP contribution in [0.4, 0.5) is 15.8 Å². The van der Waals surface area contributed by atoms with E-state index in [9.17, 15) is 4.39 Å². The summed E-state index contributed by atoms with van der Waals surface area (Å²) < 4.78 is 13.0. The van der Waals surface area contributed by atoms with E-state index in [4.69, 9.17) is 22.4 Å². The molecule has 0 aliphatic carbocycles. The zero-order valence-electron chi connectivity index (χ0n) is 9.13. The highest BCUT2D eigenvalue weighted by Gasteiger charge is 2.08. The van der Waals surface area contributed by atoms with Gasteiger partial charge in [-0.2, -0.15) is 0 Å². The molecule has 1 aromatic carbocycles. The standard InChI is InChI=1S/C11H16ClFN2O/c1-7(3-2-4-16)15-11-5-8(12)9(13)6-10(11)14/h5-7,15-16H,2-4,14H2,1H3. The van der Waals surface area contributed by atoms with Crippen LogP contribution in [0.25, 0.3) is 0 Å². The third-order valence-electron chi connectivity index (χ3n) is 2.29. The molecule has 5 heteroatoms. The lowest BCUT2D eigenvalue weighted by Crippen LogP contribution is -2.16. The molecule has 0 aromatic heterocycles. The number of nitrogens with one attached hydrogen (secondary N) is 1. The molecule has 1 rings (SSSR count). The molecule has 0 amide bonds. The molecular formula is C11H16ClFN2O. The van der Waals surface area contributed by atoms with Crippen LogP contribution < -0.4 is 11.1 Å². The van der Waals surface area contributed by atoms with E-state index >= 15 is 0 Å². The molecule has 0 aliphatic heterocycles. The van der Waals surface area contributed by atoms with Gasteiger partial charge in [0.15, 0.2) is 0 Å². The number of aliphatic hydroxyl groups is 1. The van der Waals surface area contributed by atoms with Crippen molar-refractivity contribution in [2.24, 2.45) is 0 Å². The second-order valence-corrected chi connectivity index (χ2v) is 4.17. The van der Waals surface area contributed by atoms with Crippen LogP contribution in [-0.2, 0) is 0 Å². The molecule has 90 valence electrons. The molecule has 0 aliphatic rings. The molecule has 0 bridgehead atoms. The van der Waals surface area contributed by atoms with E-state index in [1.807, 2.05) is 6.92 Å². The van der Waals surface area contributed by atoms with Crippen LogP contribution in [0.2, 0.25) is 5.02 Å². The monoisotopic (exact) mass is 246 g/mol. The minimum absolute atomic E-state index is 0.0473. The fraction of sp³-hybridized carbons (Fsp3) is 0.455. The van der Waals surface area contributed by atoms with Crippen molar-refractivity contribution < 1.29 is 9.50 Å². The Labute approximate surface area is 99.4 Å². The van der Waals surface area contributed by atoms with Gasteiger partial charge in [-0.15, -0.1) is 0 Å². The van der Waals surface area contributed by atoms with Crippen molar-refractivity contribution in [2.45, 2.75) is 25.8 Å². The highest BCUT2D eigenvalue weighted by molar-refractivity contribution is 6.31. The average Bonchev–Trinajstić information content (AvgIpc) is 2.23. The van der Waals surface area contributed by atoms with Crippen molar-refractivity contribution in [1.82, 2.24) is 0 Å². The molecule has 16 heavy (non-hydrogen) atoms. The van der Waals surface area contributed by atoms with Gasteiger partial charge >= 0.3 is 0 Å². The molecule has 1 aromatic rings. The maximum atomic E-state index is 13.0. The zero-order valence-corrected chi connectivity index (χ0v) is 9.89. The van der Waals surface area contributed by atoms with E-state index in [-0.39, 0.29) is 17.7 Å². The highest BCUT2D eigenvalue weighted by Crippen LogP contribution is 2.27. The SMILES string of the molecule is CC(CCCO)Nc1cc(Cl)c(F)cc1N. The number of nitrogens with two attached hydrogens (primary N) is 1. The predicted octanol–water partition coefficient (Wildman–Crippen LogP) is 2.63. The van der Waals surface area contributed by atoms with E-state index in [0.29, 0.717) is 17.8 Å². The summed E-state index contributed by atoms with van der Waals surface area (Å²) in [6.45, 7) is 2.12. The van der Waals surface area contributed by atoms with Crippen LogP contribution in [0.1, 0.15) is 19.8 Å². The summed E-state index contributed by atoms with van der Waals surface area (Å²) in [5.41, 5.74) is 6.61. The van der Waals surface area contributed by atoms with Crippen molar-refractivity contribution in [3.05, 3.63) is 23.0 Å². The summed E-state index contributed by atoms with van der Waals surface area (Å²) in [6, 6.07) is 2.82. The Kier molecular flexibility index (Phi) is 4.83. The molecule has 0 saturated carbocycles. The third-order valence-corrected chi connectivity index (χ3v) is 2.58. The maximum Gasteiger partial charge on any atom is 0.143 e. The molecule has 4 N–H and O–H groups in total. The summed E-state index contributed by atoms with van der Waals surface area (Å²) in [5.74, 6) is -0.521. The molecule has 0 radical (unpaired) electrons. The van der Waals surface area contributed by atoms with Crippen LogP contribution in [0.3, 0.4) is 0 Å². The van der Waals surface area contributed by atoms with Gasteiger partial charge in [0, 0.05) is 18.7 Å². The van der Waals surface area contributed by atoms with Gasteiger partial charge in [-0.3, -0.25) is 0 Å². The Morgan fingerprint density at radius 2 is 2.25 bits per heavy atom. The molecule has 0 heterocycles. The number of hydrogen-bond acceptors (Lipinski definition) is 3. The van der Waals surface area contributed by atoms with Crippen LogP contribution in [-0.4, -0.2) is 17.8 Å². The van der Waals surface area contributed by atoms with E-state index < -0.39 is 5.82 Å². The van der Waals surface area contributed by atoms with Crippen LogP contribution >= 0.6 is 11.6 Å². The predicted molar refractivity (Wildman–Crippen MR) is 65.2 cm³/mol. The van der Waals surface area contributed by atoms with E-state index in [1.54, 1.807) is 0 Å². The Hall–Kier alpha value is -1.00. The molecule has 0 saturated heterocycles. The number of halogens is 2. The number of aliphatic hydroxyl groups excluding tert-OH is 1. The zero-order chi connectivity index (χ0) is 12.1. The Bertz CT molecular complexity index is 360. The van der Waals surface area contributed by atoms with E-state index in [0.717, 1.165) is 6.42 Å². The first kappa shape index (κ1) is 13.1. The summed E-state index contributed by atoms with van der Waals surface area (Å²) in [6.07, 6.45) is 1.52. The fourth-order valence-corrected chi connectivity index (χ4v) is 1.59. The lowest BCUT2D eigenvalue weighted by Gasteiger charge is -2.16. The normalized spacial score (nSPS) is 12.5. The first-order chi connectivity index (χ1) is 7.54. The molecule has 0 fully saturated rings. The third kappa shape index (κ3) is 3.54. The van der Waals surface area contributed by atoms with E-state index in [1.165, 1.54) is 12.1 Å². The Morgan fingerprint density at radius 1 is 1.56 bits per heavy atom. The van der Waals surface area contributed by atoms with Crippen LogP contribution in [0, 0.1) is 5.82 Å². The van der Waals surface area contributed by atoms with Crippen LogP contribution in [0.15, 0.2) is 12.1 Å². The van der Waals surface area contributed by atoms with Crippen molar-refractivity contribution >= 4 is 23.0 Å². The highest BCUT2D eigenvalue weighted by atomic mass is 35.5. The topological polar surface area (TPSA) is 58.3 Å². The van der Waals surface area contributed by atoms with E-state index in [2.05, 4.69) is 5.32 Å². The van der Waals surface area contributed by atoms with Crippen molar-refractivity contribution in [2.75, 3.05) is 17.7 Å². The van der Waals surface area contributed by atoms with Crippen molar-refractivity contribution in [3.8, 4) is 0 Å². The van der Waals surface area contributed by atoms with Gasteiger partial charge in [-0.1, -0.05) is 11.6 Å². The summed E-state index contributed by atoms with van der Waals surface area (Å²) >= 11 is 5.66. The second kappa shape index (κ2) is 5.92. The molecule has 1 unspecified atom stereocenters. The van der Waals surface area contributed by atoms with Crippen molar-refractivity contribution in [3.63, 3.8) is 0 Å². The number of benzene rings is 1. The largest absolute Gasteiger partial charge is 0.397 e. The average molecular weight is 247 g/mol. The molecule has 0 spiro atoms.